The molecular formula is C23H31N5O. The van der Waals surface area contributed by atoms with Crippen LogP contribution in [-0.2, 0) is 6.42 Å². The summed E-state index contributed by atoms with van der Waals surface area (Å²) in [6.07, 6.45) is 3.81. The molecule has 0 radical (unpaired) electrons. The number of hydrogen-bond acceptors (Lipinski definition) is 5. The SMILES string of the molecule is CCc1cc2c(nc1-c1ccc(C(C)C)nc1NC)c(C)cn2C(CC)CN=O. The van der Waals surface area contributed by atoms with Crippen molar-refractivity contribution in [2.24, 2.45) is 5.18 Å². The molecule has 0 amide bonds. The molecule has 3 rings (SSSR count). The van der Waals surface area contributed by atoms with Crippen molar-refractivity contribution in [2.75, 3.05) is 18.9 Å². The lowest BCUT2D eigenvalue weighted by molar-refractivity contribution is 0.510. The average Bonchev–Trinajstić information content (AvgIpc) is 3.05. The first-order valence-corrected chi connectivity index (χ1v) is 10.4. The van der Waals surface area contributed by atoms with Crippen molar-refractivity contribution in [1.82, 2.24) is 14.5 Å². The van der Waals surface area contributed by atoms with E-state index in [9.17, 15) is 4.91 Å². The Balaban J connectivity index is 2.23. The van der Waals surface area contributed by atoms with Crippen LogP contribution in [0.25, 0.3) is 22.3 Å². The van der Waals surface area contributed by atoms with E-state index in [1.165, 1.54) is 5.56 Å². The summed E-state index contributed by atoms with van der Waals surface area (Å²) in [5, 5.41) is 6.39. The van der Waals surface area contributed by atoms with Crippen LogP contribution < -0.4 is 5.32 Å². The zero-order valence-corrected chi connectivity index (χ0v) is 18.3. The zero-order valence-electron chi connectivity index (χ0n) is 18.3. The Bertz CT molecular complexity index is 1020. The predicted octanol–water partition coefficient (Wildman–Crippen LogP) is 5.85. The van der Waals surface area contributed by atoms with Gasteiger partial charge >= 0.3 is 0 Å². The smallest absolute Gasteiger partial charge is 0.135 e. The third-order valence-corrected chi connectivity index (χ3v) is 5.60. The Morgan fingerprint density at radius 2 is 1.97 bits per heavy atom. The van der Waals surface area contributed by atoms with Crippen molar-refractivity contribution in [2.45, 2.75) is 59.4 Å². The molecule has 29 heavy (non-hydrogen) atoms. The molecule has 6 nitrogen and oxygen atoms in total. The molecule has 0 bridgehead atoms. The maximum absolute atomic E-state index is 10.9. The molecule has 0 aliphatic carbocycles. The molecule has 0 spiro atoms. The van der Waals surface area contributed by atoms with Gasteiger partial charge in [-0.2, -0.15) is 4.91 Å². The van der Waals surface area contributed by atoms with Crippen LogP contribution in [-0.4, -0.2) is 28.1 Å². The summed E-state index contributed by atoms with van der Waals surface area (Å²) in [6.45, 7) is 10.9. The van der Waals surface area contributed by atoms with E-state index in [-0.39, 0.29) is 12.6 Å². The molecule has 6 heteroatoms. The molecule has 3 aromatic heterocycles. The van der Waals surface area contributed by atoms with Gasteiger partial charge in [0.1, 0.15) is 12.4 Å². The fourth-order valence-corrected chi connectivity index (χ4v) is 3.85. The topological polar surface area (TPSA) is 72.2 Å². The first kappa shape index (κ1) is 21.0. The normalized spacial score (nSPS) is 12.5. The molecule has 0 aromatic carbocycles. The van der Waals surface area contributed by atoms with E-state index in [2.05, 4.69) is 74.1 Å². The highest BCUT2D eigenvalue weighted by atomic mass is 16.3. The molecule has 3 heterocycles. The Kier molecular flexibility index (Phi) is 6.30. The van der Waals surface area contributed by atoms with Crippen LogP contribution in [0.3, 0.4) is 0 Å². The number of rotatable bonds is 8. The molecule has 0 aliphatic rings. The van der Waals surface area contributed by atoms with Gasteiger partial charge in [0.2, 0.25) is 0 Å². The summed E-state index contributed by atoms with van der Waals surface area (Å²) in [7, 11) is 1.90. The van der Waals surface area contributed by atoms with Crippen molar-refractivity contribution >= 4 is 16.9 Å². The van der Waals surface area contributed by atoms with Crippen molar-refractivity contribution in [3.05, 3.63) is 46.1 Å². The lowest BCUT2D eigenvalue weighted by Crippen LogP contribution is -2.10. The van der Waals surface area contributed by atoms with Gasteiger partial charge in [0.15, 0.2) is 0 Å². The number of pyridine rings is 2. The summed E-state index contributed by atoms with van der Waals surface area (Å²) in [6, 6.07) is 6.49. The molecule has 154 valence electrons. The van der Waals surface area contributed by atoms with E-state index in [4.69, 9.17) is 9.97 Å². The van der Waals surface area contributed by atoms with Crippen LogP contribution in [0.1, 0.15) is 62.9 Å². The molecule has 1 atom stereocenters. The van der Waals surface area contributed by atoms with Crippen molar-refractivity contribution in [3.8, 4) is 11.3 Å². The monoisotopic (exact) mass is 393 g/mol. The molecule has 0 saturated carbocycles. The molecule has 3 aromatic rings. The van der Waals surface area contributed by atoms with Crippen molar-refractivity contribution < 1.29 is 0 Å². The van der Waals surface area contributed by atoms with Crippen LogP contribution in [0.5, 0.6) is 0 Å². The number of nitrogens with zero attached hydrogens (tertiary/aromatic N) is 4. The molecule has 0 fully saturated rings. The molecule has 1 N–H and O–H groups in total. The number of fused-ring (bicyclic) bond motifs is 1. The summed E-state index contributed by atoms with van der Waals surface area (Å²) >= 11 is 0. The second-order valence-corrected chi connectivity index (χ2v) is 7.85. The second-order valence-electron chi connectivity index (χ2n) is 7.85. The van der Waals surface area contributed by atoms with Gasteiger partial charge in [-0.3, -0.25) is 0 Å². The van der Waals surface area contributed by atoms with Crippen LogP contribution in [0, 0.1) is 11.8 Å². The van der Waals surface area contributed by atoms with Crippen LogP contribution in [0.4, 0.5) is 5.82 Å². The van der Waals surface area contributed by atoms with E-state index in [0.717, 1.165) is 52.2 Å². The highest BCUT2D eigenvalue weighted by molar-refractivity contribution is 5.86. The van der Waals surface area contributed by atoms with Gasteiger partial charge in [-0.25, -0.2) is 9.97 Å². The van der Waals surface area contributed by atoms with Gasteiger partial charge in [-0.1, -0.05) is 32.9 Å². The zero-order chi connectivity index (χ0) is 21.1. The van der Waals surface area contributed by atoms with E-state index in [1.807, 2.05) is 7.05 Å². The Morgan fingerprint density at radius 1 is 1.21 bits per heavy atom. The van der Waals surface area contributed by atoms with Gasteiger partial charge in [0.25, 0.3) is 0 Å². The van der Waals surface area contributed by atoms with Crippen LogP contribution in [0.2, 0.25) is 0 Å². The van der Waals surface area contributed by atoms with E-state index < -0.39 is 0 Å². The predicted molar refractivity (Wildman–Crippen MR) is 121 cm³/mol. The molecule has 0 saturated heterocycles. The van der Waals surface area contributed by atoms with Gasteiger partial charge in [0, 0.05) is 24.5 Å². The lowest BCUT2D eigenvalue weighted by atomic mass is 10.0. The van der Waals surface area contributed by atoms with E-state index in [0.29, 0.717) is 5.92 Å². The molecule has 1 unspecified atom stereocenters. The number of aryl methyl sites for hydroxylation is 2. The highest BCUT2D eigenvalue weighted by Crippen LogP contribution is 2.34. The third-order valence-electron chi connectivity index (χ3n) is 5.60. The minimum Gasteiger partial charge on any atom is -0.373 e. The first-order valence-electron chi connectivity index (χ1n) is 10.4. The largest absolute Gasteiger partial charge is 0.373 e. The van der Waals surface area contributed by atoms with Crippen molar-refractivity contribution in [1.29, 1.82) is 0 Å². The molecule has 0 aliphatic heterocycles. The minimum atomic E-state index is 0.0564. The third kappa shape index (κ3) is 3.88. The number of hydrogen-bond donors (Lipinski definition) is 1. The Hall–Kier alpha value is -2.76. The summed E-state index contributed by atoms with van der Waals surface area (Å²) < 4.78 is 2.17. The minimum absolute atomic E-state index is 0.0564. The summed E-state index contributed by atoms with van der Waals surface area (Å²) in [5.74, 6) is 1.22. The first-order chi connectivity index (χ1) is 13.9. The quantitative estimate of drug-likeness (QED) is 0.487. The van der Waals surface area contributed by atoms with E-state index in [1.54, 1.807) is 0 Å². The molecular weight excluding hydrogens is 362 g/mol. The Labute approximate surface area is 172 Å². The maximum atomic E-state index is 10.9. The number of nitroso groups, excluding NO2 is 1. The standard InChI is InChI=1S/C23H31N5O/c1-7-16-11-20-21(15(5)13-28(20)17(8-2)12-25-29)27-22(16)18-9-10-19(14(3)4)26-23(18)24-6/h9-11,13-14,17H,7-8,12H2,1-6H3,(H,24,26). The van der Waals surface area contributed by atoms with E-state index >= 15 is 0 Å². The highest BCUT2D eigenvalue weighted by Gasteiger charge is 2.19. The Morgan fingerprint density at radius 3 is 2.55 bits per heavy atom. The number of anilines is 1. The fraction of sp³-hybridized carbons (Fsp3) is 0.478. The van der Waals surface area contributed by atoms with Gasteiger partial charge in [0.05, 0.1) is 22.8 Å². The van der Waals surface area contributed by atoms with Gasteiger partial charge in [-0.05, 0) is 55.0 Å². The number of aromatic nitrogens is 3. The second kappa shape index (κ2) is 8.72. The van der Waals surface area contributed by atoms with Crippen LogP contribution in [0.15, 0.2) is 29.6 Å². The maximum Gasteiger partial charge on any atom is 0.135 e. The fourth-order valence-electron chi connectivity index (χ4n) is 3.85. The number of nitrogens with one attached hydrogen (secondary N) is 1. The van der Waals surface area contributed by atoms with Crippen LogP contribution >= 0.6 is 0 Å². The van der Waals surface area contributed by atoms with Gasteiger partial charge < -0.3 is 9.88 Å². The van der Waals surface area contributed by atoms with Gasteiger partial charge in [-0.15, -0.1) is 0 Å². The lowest BCUT2D eigenvalue weighted by Gasteiger charge is -2.17. The summed E-state index contributed by atoms with van der Waals surface area (Å²) in [5.41, 5.74) is 7.35. The summed E-state index contributed by atoms with van der Waals surface area (Å²) in [4.78, 5) is 20.8. The average molecular weight is 394 g/mol. The van der Waals surface area contributed by atoms with Crippen molar-refractivity contribution in [3.63, 3.8) is 0 Å².